The minimum absolute atomic E-state index is 0.0255. The fourth-order valence-corrected chi connectivity index (χ4v) is 2.74. The summed E-state index contributed by atoms with van der Waals surface area (Å²) in [5.41, 5.74) is 6.40. The predicted octanol–water partition coefficient (Wildman–Crippen LogP) is 0.766. The highest BCUT2D eigenvalue weighted by molar-refractivity contribution is 5.82. The summed E-state index contributed by atoms with van der Waals surface area (Å²) in [6.07, 6.45) is 0.414. The number of nitrogens with two attached hydrogens (primary N) is 1. The normalized spacial score (nSPS) is 26.1. The lowest BCUT2D eigenvalue weighted by Crippen LogP contribution is -2.50. The Morgan fingerprint density at radius 2 is 2.35 bits per heavy atom. The van der Waals surface area contributed by atoms with Crippen molar-refractivity contribution in [1.82, 2.24) is 4.90 Å². The number of nitrogens with zero attached hydrogens (tertiary/aromatic N) is 1. The van der Waals surface area contributed by atoms with Gasteiger partial charge in [0, 0.05) is 31.6 Å². The van der Waals surface area contributed by atoms with Crippen LogP contribution in [-0.4, -0.2) is 49.2 Å². The van der Waals surface area contributed by atoms with E-state index >= 15 is 0 Å². The van der Waals surface area contributed by atoms with Crippen LogP contribution in [0.2, 0.25) is 0 Å². The number of ether oxygens (including phenoxy) is 2. The van der Waals surface area contributed by atoms with Crippen molar-refractivity contribution in [3.8, 4) is 5.75 Å². The van der Waals surface area contributed by atoms with Gasteiger partial charge < -0.3 is 15.2 Å². The molecule has 0 aromatic heterocycles. The molecule has 0 radical (unpaired) electrons. The van der Waals surface area contributed by atoms with E-state index in [9.17, 15) is 4.39 Å². The fourth-order valence-electron chi connectivity index (χ4n) is 2.74. The van der Waals surface area contributed by atoms with Crippen molar-refractivity contribution in [2.45, 2.75) is 18.6 Å². The zero-order chi connectivity index (χ0) is 14.1. The van der Waals surface area contributed by atoms with Crippen LogP contribution in [0.15, 0.2) is 18.2 Å². The maximum atomic E-state index is 13.2. The molecular formula is C14H18FN3O2. The zero-order valence-electron chi connectivity index (χ0n) is 11.1. The Kier molecular flexibility index (Phi) is 3.58. The van der Waals surface area contributed by atoms with Gasteiger partial charge in [0.05, 0.1) is 6.61 Å². The number of halogens is 1. The Balaban J connectivity index is 1.59. The Morgan fingerprint density at radius 3 is 3.15 bits per heavy atom. The average Bonchev–Trinajstić information content (AvgIpc) is 2.80. The standard InChI is InChI=1S/C14H18FN3O2/c15-10-1-2-12-9(5-10)6-11(20-12)7-18-3-4-19-13(8-18)14(16)17/h1-2,5,11,13H,3-4,6-8H2,(H3,16,17). The van der Waals surface area contributed by atoms with Crippen molar-refractivity contribution in [1.29, 1.82) is 5.41 Å². The van der Waals surface area contributed by atoms with Crippen LogP contribution >= 0.6 is 0 Å². The van der Waals surface area contributed by atoms with Crippen molar-refractivity contribution in [2.24, 2.45) is 5.73 Å². The van der Waals surface area contributed by atoms with Crippen molar-refractivity contribution in [3.05, 3.63) is 29.6 Å². The Morgan fingerprint density at radius 1 is 1.50 bits per heavy atom. The molecule has 108 valence electrons. The van der Waals surface area contributed by atoms with Gasteiger partial charge in [0.15, 0.2) is 0 Å². The van der Waals surface area contributed by atoms with Gasteiger partial charge in [-0.1, -0.05) is 0 Å². The molecule has 3 rings (SSSR count). The van der Waals surface area contributed by atoms with Gasteiger partial charge in [-0.25, -0.2) is 4.39 Å². The molecule has 6 heteroatoms. The summed E-state index contributed by atoms with van der Waals surface area (Å²) in [7, 11) is 0. The van der Waals surface area contributed by atoms with E-state index in [1.165, 1.54) is 12.1 Å². The summed E-state index contributed by atoms with van der Waals surface area (Å²) in [5.74, 6) is 0.608. The third kappa shape index (κ3) is 2.76. The van der Waals surface area contributed by atoms with Crippen LogP contribution in [0.25, 0.3) is 0 Å². The summed E-state index contributed by atoms with van der Waals surface area (Å²) in [4.78, 5) is 2.18. The van der Waals surface area contributed by atoms with E-state index in [-0.39, 0.29) is 23.9 Å². The van der Waals surface area contributed by atoms with Crippen molar-refractivity contribution < 1.29 is 13.9 Å². The molecular weight excluding hydrogens is 261 g/mol. The van der Waals surface area contributed by atoms with Crippen LogP contribution in [0.3, 0.4) is 0 Å². The van der Waals surface area contributed by atoms with Crippen LogP contribution in [-0.2, 0) is 11.2 Å². The molecule has 20 heavy (non-hydrogen) atoms. The topological polar surface area (TPSA) is 71.6 Å². The summed E-state index contributed by atoms with van der Waals surface area (Å²) >= 11 is 0. The molecule has 3 N–H and O–H groups in total. The van der Waals surface area contributed by atoms with E-state index in [4.69, 9.17) is 20.6 Å². The minimum atomic E-state index is -0.329. The second kappa shape index (κ2) is 5.38. The second-order valence-corrected chi connectivity index (χ2v) is 5.27. The third-order valence-electron chi connectivity index (χ3n) is 3.72. The fraction of sp³-hybridized carbons (Fsp3) is 0.500. The maximum Gasteiger partial charge on any atom is 0.127 e. The molecule has 0 bridgehead atoms. The lowest BCUT2D eigenvalue weighted by molar-refractivity contribution is -0.00591. The van der Waals surface area contributed by atoms with Crippen LogP contribution in [0.4, 0.5) is 4.39 Å². The van der Waals surface area contributed by atoms with E-state index in [1.807, 2.05) is 0 Å². The average molecular weight is 279 g/mol. The minimum Gasteiger partial charge on any atom is -0.488 e. The summed E-state index contributed by atoms with van der Waals surface area (Å²) < 4.78 is 24.4. The first-order valence-corrected chi connectivity index (χ1v) is 6.75. The number of benzene rings is 1. The molecule has 1 aromatic carbocycles. The lowest BCUT2D eigenvalue weighted by Gasteiger charge is -2.33. The molecule has 2 heterocycles. The van der Waals surface area contributed by atoms with Gasteiger partial charge in [-0.3, -0.25) is 10.3 Å². The van der Waals surface area contributed by atoms with E-state index < -0.39 is 0 Å². The second-order valence-electron chi connectivity index (χ2n) is 5.27. The van der Waals surface area contributed by atoms with Crippen LogP contribution in [0.1, 0.15) is 5.56 Å². The number of hydrogen-bond donors (Lipinski definition) is 2. The first-order chi connectivity index (χ1) is 9.61. The highest BCUT2D eigenvalue weighted by Gasteiger charge is 2.29. The van der Waals surface area contributed by atoms with E-state index in [1.54, 1.807) is 6.07 Å². The summed E-state index contributed by atoms with van der Waals surface area (Å²) in [6, 6.07) is 4.64. The molecule has 2 atom stereocenters. The largest absolute Gasteiger partial charge is 0.488 e. The maximum absolute atomic E-state index is 13.2. The number of hydrogen-bond acceptors (Lipinski definition) is 4. The zero-order valence-corrected chi connectivity index (χ0v) is 11.1. The van der Waals surface area contributed by atoms with Crippen molar-refractivity contribution in [3.63, 3.8) is 0 Å². The molecule has 0 aliphatic carbocycles. The van der Waals surface area contributed by atoms with Crippen molar-refractivity contribution >= 4 is 5.84 Å². The summed E-state index contributed by atoms with van der Waals surface area (Å²) in [5, 5.41) is 7.45. The molecule has 1 aromatic rings. The van der Waals surface area contributed by atoms with Gasteiger partial charge in [-0.15, -0.1) is 0 Å². The van der Waals surface area contributed by atoms with Gasteiger partial charge in [-0.05, 0) is 18.2 Å². The van der Waals surface area contributed by atoms with Gasteiger partial charge in [-0.2, -0.15) is 0 Å². The van der Waals surface area contributed by atoms with Crippen LogP contribution in [0.5, 0.6) is 5.75 Å². The quantitative estimate of drug-likeness (QED) is 0.633. The van der Waals surface area contributed by atoms with Crippen LogP contribution in [0, 0.1) is 11.2 Å². The van der Waals surface area contributed by atoms with Gasteiger partial charge >= 0.3 is 0 Å². The van der Waals surface area contributed by atoms with Gasteiger partial charge in [0.2, 0.25) is 0 Å². The first kappa shape index (κ1) is 13.3. The molecule has 2 aliphatic heterocycles. The molecule has 0 saturated carbocycles. The van der Waals surface area contributed by atoms with Crippen LogP contribution < -0.4 is 10.5 Å². The van der Waals surface area contributed by atoms with Gasteiger partial charge in [0.25, 0.3) is 0 Å². The van der Waals surface area contributed by atoms with E-state index in [2.05, 4.69) is 4.90 Å². The Hall–Kier alpha value is -1.66. The molecule has 5 nitrogen and oxygen atoms in total. The molecule has 2 unspecified atom stereocenters. The Labute approximate surface area is 117 Å². The highest BCUT2D eigenvalue weighted by atomic mass is 19.1. The van der Waals surface area contributed by atoms with Crippen molar-refractivity contribution in [2.75, 3.05) is 26.2 Å². The molecule has 1 saturated heterocycles. The number of morpholine rings is 1. The number of rotatable bonds is 3. The van der Waals surface area contributed by atoms with Gasteiger partial charge in [0.1, 0.15) is 29.6 Å². The smallest absolute Gasteiger partial charge is 0.127 e. The molecule has 0 amide bonds. The number of fused-ring (bicyclic) bond motifs is 1. The van der Waals surface area contributed by atoms with E-state index in [0.29, 0.717) is 13.2 Å². The molecule has 2 aliphatic rings. The lowest BCUT2D eigenvalue weighted by atomic mass is 10.1. The van der Waals surface area contributed by atoms with E-state index in [0.717, 1.165) is 30.8 Å². The molecule has 0 spiro atoms. The third-order valence-corrected chi connectivity index (χ3v) is 3.72. The molecule has 1 fully saturated rings. The Bertz CT molecular complexity index is 523. The number of amidine groups is 1. The first-order valence-electron chi connectivity index (χ1n) is 6.75. The SMILES string of the molecule is N=C(N)C1CN(CC2Cc3cc(F)ccc3O2)CCO1. The highest BCUT2D eigenvalue weighted by Crippen LogP contribution is 2.29. The predicted molar refractivity (Wildman–Crippen MR) is 72.6 cm³/mol. The number of nitrogens with one attached hydrogen (secondary N) is 1. The summed E-state index contributed by atoms with van der Waals surface area (Å²) in [6.45, 7) is 2.72. The monoisotopic (exact) mass is 279 g/mol.